The first-order valence-corrected chi connectivity index (χ1v) is 8.57. The lowest BCUT2D eigenvalue weighted by atomic mass is 10.1. The Morgan fingerprint density at radius 3 is 1.56 bits per heavy atom. The van der Waals surface area contributed by atoms with E-state index in [1.807, 2.05) is 0 Å². The molecular weight excluding hydrogens is 364 g/mol. The van der Waals surface area contributed by atoms with Crippen LogP contribution < -0.4 is 0 Å². The highest BCUT2D eigenvalue weighted by Gasteiger charge is 2.47. The maximum atomic E-state index is 10.1. The molecule has 2 aliphatic rings. The van der Waals surface area contributed by atoms with Crippen LogP contribution in [0.25, 0.3) is 0 Å². The molecule has 10 nitrogen and oxygen atoms in total. The van der Waals surface area contributed by atoms with Gasteiger partial charge in [0.2, 0.25) is 0 Å². The second-order valence-electron chi connectivity index (χ2n) is 6.43. The molecule has 8 atom stereocenters. The van der Waals surface area contributed by atoms with Gasteiger partial charge in [-0.2, -0.15) is 0 Å². The number of hydrogen-bond donors (Lipinski definition) is 6. The molecule has 2 fully saturated rings. The summed E-state index contributed by atoms with van der Waals surface area (Å²) in [6.07, 6.45) is -11.4. The van der Waals surface area contributed by atoms with Gasteiger partial charge in [-0.3, -0.25) is 0 Å². The highest BCUT2D eigenvalue weighted by atomic mass is 16.8. The summed E-state index contributed by atoms with van der Waals surface area (Å²) in [5, 5.41) is 58.2. The van der Waals surface area contributed by atoms with E-state index in [4.69, 9.17) is 18.9 Å². The predicted octanol–water partition coefficient (Wildman–Crippen LogP) is -2.40. The Bertz CT molecular complexity index is 554. The van der Waals surface area contributed by atoms with Crippen molar-refractivity contribution in [2.75, 3.05) is 13.2 Å². The van der Waals surface area contributed by atoms with Crippen molar-refractivity contribution >= 4 is 0 Å². The molecule has 0 radical (unpaired) electrons. The second kappa shape index (κ2) is 8.88. The van der Waals surface area contributed by atoms with Crippen LogP contribution in [0.4, 0.5) is 0 Å². The SMILES string of the molecule is OC[C@H]1OC(OC(OC2O[C@H](CO)[C@H](O)[C@H]2O)c2ccccc2)[C@H](O)[C@H]1O. The van der Waals surface area contributed by atoms with Gasteiger partial charge in [-0.05, 0) is 0 Å². The monoisotopic (exact) mass is 388 g/mol. The Balaban J connectivity index is 1.75. The Morgan fingerprint density at radius 2 is 1.19 bits per heavy atom. The summed E-state index contributed by atoms with van der Waals surface area (Å²) in [5.74, 6) is 0. The summed E-state index contributed by atoms with van der Waals surface area (Å²) in [5.41, 5.74) is 0.493. The van der Waals surface area contributed by atoms with Crippen molar-refractivity contribution in [3.63, 3.8) is 0 Å². The fraction of sp³-hybridized carbons (Fsp3) is 0.647. The first-order chi connectivity index (χ1) is 13.0. The van der Waals surface area contributed by atoms with Crippen LogP contribution in [0.1, 0.15) is 11.9 Å². The lowest BCUT2D eigenvalue weighted by molar-refractivity contribution is -0.312. The van der Waals surface area contributed by atoms with E-state index in [1.54, 1.807) is 30.3 Å². The van der Waals surface area contributed by atoms with Gasteiger partial charge in [0.15, 0.2) is 18.9 Å². The molecule has 10 heteroatoms. The summed E-state index contributed by atoms with van der Waals surface area (Å²) < 4.78 is 21.8. The van der Waals surface area contributed by atoms with Crippen molar-refractivity contribution in [1.29, 1.82) is 0 Å². The lowest BCUT2D eigenvalue weighted by Gasteiger charge is -2.27. The van der Waals surface area contributed by atoms with Gasteiger partial charge < -0.3 is 49.6 Å². The van der Waals surface area contributed by atoms with Gasteiger partial charge in [-0.25, -0.2) is 0 Å². The Kier molecular flexibility index (Phi) is 6.76. The van der Waals surface area contributed by atoms with Crippen LogP contribution in [0.3, 0.4) is 0 Å². The Morgan fingerprint density at radius 1 is 0.741 bits per heavy atom. The van der Waals surface area contributed by atoms with Crippen LogP contribution in [-0.4, -0.2) is 93.1 Å². The van der Waals surface area contributed by atoms with Gasteiger partial charge >= 0.3 is 0 Å². The molecule has 0 saturated carbocycles. The first-order valence-electron chi connectivity index (χ1n) is 8.57. The van der Waals surface area contributed by atoms with Crippen molar-refractivity contribution < 1.29 is 49.6 Å². The molecular formula is C17H24O10. The van der Waals surface area contributed by atoms with Gasteiger partial charge in [0.1, 0.15) is 36.6 Å². The predicted molar refractivity (Wildman–Crippen MR) is 86.9 cm³/mol. The molecule has 152 valence electrons. The van der Waals surface area contributed by atoms with E-state index < -0.39 is 68.7 Å². The smallest absolute Gasteiger partial charge is 0.190 e. The molecule has 6 N–H and O–H groups in total. The molecule has 2 aliphatic heterocycles. The van der Waals surface area contributed by atoms with Gasteiger partial charge in [0.25, 0.3) is 0 Å². The maximum Gasteiger partial charge on any atom is 0.190 e. The lowest BCUT2D eigenvalue weighted by Crippen LogP contribution is -2.37. The van der Waals surface area contributed by atoms with Gasteiger partial charge in [-0.1, -0.05) is 30.3 Å². The quantitative estimate of drug-likeness (QED) is 0.278. The normalized spacial score (nSPS) is 40.4. The Hall–Kier alpha value is -1.18. The average Bonchev–Trinajstić information content (AvgIpc) is 3.12. The van der Waals surface area contributed by atoms with Crippen molar-refractivity contribution in [3.05, 3.63) is 35.9 Å². The standard InChI is InChI=1S/C17H24O10/c18-6-9-11(20)13(22)16(24-9)26-15(8-4-2-1-3-5-8)27-17-14(23)12(21)10(7-19)25-17/h1-5,9-23H,6-7H2/t9-,10-,11+,12+,13-,14-,15?,16?,17?/m1/s1. The van der Waals surface area contributed by atoms with Crippen LogP contribution in [0.15, 0.2) is 30.3 Å². The van der Waals surface area contributed by atoms with E-state index in [-0.39, 0.29) is 0 Å². The topological polar surface area (TPSA) is 158 Å². The number of ether oxygens (including phenoxy) is 4. The zero-order valence-corrected chi connectivity index (χ0v) is 14.3. The summed E-state index contributed by atoms with van der Waals surface area (Å²) in [7, 11) is 0. The van der Waals surface area contributed by atoms with Crippen LogP contribution in [0, 0.1) is 0 Å². The summed E-state index contributed by atoms with van der Waals surface area (Å²) >= 11 is 0. The van der Waals surface area contributed by atoms with E-state index in [0.717, 1.165) is 0 Å². The molecule has 2 heterocycles. The summed E-state index contributed by atoms with van der Waals surface area (Å²) in [6.45, 7) is -1.02. The third-order valence-corrected chi connectivity index (χ3v) is 4.58. The molecule has 0 aromatic heterocycles. The fourth-order valence-electron chi connectivity index (χ4n) is 3.00. The van der Waals surface area contributed by atoms with Gasteiger partial charge in [0.05, 0.1) is 13.2 Å². The number of aliphatic hydroxyl groups excluding tert-OH is 6. The molecule has 0 aliphatic carbocycles. The number of aliphatic hydroxyl groups is 6. The zero-order chi connectivity index (χ0) is 19.6. The fourth-order valence-corrected chi connectivity index (χ4v) is 3.00. The number of hydrogen-bond acceptors (Lipinski definition) is 10. The molecule has 3 rings (SSSR count). The molecule has 2 saturated heterocycles. The molecule has 1 aromatic carbocycles. The largest absolute Gasteiger partial charge is 0.394 e. The van der Waals surface area contributed by atoms with Gasteiger partial charge in [0, 0.05) is 5.56 Å². The molecule has 2 unspecified atom stereocenters. The molecule has 0 amide bonds. The van der Waals surface area contributed by atoms with E-state index in [9.17, 15) is 30.6 Å². The van der Waals surface area contributed by atoms with E-state index in [0.29, 0.717) is 5.56 Å². The van der Waals surface area contributed by atoms with Crippen LogP contribution in [-0.2, 0) is 18.9 Å². The second-order valence-corrected chi connectivity index (χ2v) is 6.43. The van der Waals surface area contributed by atoms with Crippen LogP contribution >= 0.6 is 0 Å². The minimum absolute atomic E-state index is 0.493. The highest BCUT2D eigenvalue weighted by Crippen LogP contribution is 2.32. The first kappa shape index (κ1) is 20.6. The Labute approximate surface area is 155 Å². The third kappa shape index (κ3) is 4.30. The van der Waals surface area contributed by atoms with E-state index >= 15 is 0 Å². The number of benzene rings is 1. The highest BCUT2D eigenvalue weighted by molar-refractivity contribution is 5.16. The molecule has 0 bridgehead atoms. The average molecular weight is 388 g/mol. The van der Waals surface area contributed by atoms with Crippen molar-refractivity contribution in [1.82, 2.24) is 0 Å². The summed E-state index contributed by atoms with van der Waals surface area (Å²) in [4.78, 5) is 0. The molecule has 27 heavy (non-hydrogen) atoms. The van der Waals surface area contributed by atoms with Crippen molar-refractivity contribution in [2.24, 2.45) is 0 Å². The molecule has 0 spiro atoms. The summed E-state index contributed by atoms with van der Waals surface area (Å²) in [6, 6.07) is 8.51. The van der Waals surface area contributed by atoms with Crippen LogP contribution in [0.2, 0.25) is 0 Å². The third-order valence-electron chi connectivity index (χ3n) is 4.58. The van der Waals surface area contributed by atoms with E-state index in [2.05, 4.69) is 0 Å². The van der Waals surface area contributed by atoms with Crippen LogP contribution in [0.5, 0.6) is 0 Å². The molecule has 1 aromatic rings. The maximum absolute atomic E-state index is 10.1. The minimum Gasteiger partial charge on any atom is -0.394 e. The minimum atomic E-state index is -1.43. The van der Waals surface area contributed by atoms with Crippen molar-refractivity contribution in [2.45, 2.75) is 55.5 Å². The van der Waals surface area contributed by atoms with Gasteiger partial charge in [-0.15, -0.1) is 0 Å². The zero-order valence-electron chi connectivity index (χ0n) is 14.3. The van der Waals surface area contributed by atoms with E-state index in [1.165, 1.54) is 0 Å². The number of rotatable bonds is 7. The van der Waals surface area contributed by atoms with Crippen molar-refractivity contribution in [3.8, 4) is 0 Å².